The van der Waals surface area contributed by atoms with Gasteiger partial charge in [0.25, 0.3) is 0 Å². The molecule has 0 radical (unpaired) electrons. The van der Waals surface area contributed by atoms with E-state index in [-0.39, 0.29) is 0 Å². The van der Waals surface area contributed by atoms with E-state index in [2.05, 4.69) is 53.8 Å². The molecule has 1 N–H and O–H groups in total. The van der Waals surface area contributed by atoms with Crippen LogP contribution >= 0.6 is 11.8 Å². The van der Waals surface area contributed by atoms with Crippen LogP contribution in [0.25, 0.3) is 0 Å². The third-order valence-electron chi connectivity index (χ3n) is 2.52. The molecule has 0 saturated carbocycles. The van der Waals surface area contributed by atoms with Gasteiger partial charge in [-0.15, -0.1) is 11.8 Å². The fraction of sp³-hybridized carbons (Fsp3) is 0.214. The van der Waals surface area contributed by atoms with E-state index >= 15 is 0 Å². The lowest BCUT2D eigenvalue weighted by molar-refractivity contribution is 1.10. The van der Waals surface area contributed by atoms with Gasteiger partial charge in [-0.25, -0.2) is 0 Å². The van der Waals surface area contributed by atoms with Crippen LogP contribution in [0, 0.1) is 6.92 Å². The summed E-state index contributed by atoms with van der Waals surface area (Å²) >= 11 is 1.76. The average molecular weight is 244 g/mol. The maximum absolute atomic E-state index is 4.18. The largest absolute Gasteiger partial charge is 0.381 e. The van der Waals surface area contributed by atoms with Crippen molar-refractivity contribution in [1.82, 2.24) is 4.98 Å². The second-order valence-corrected chi connectivity index (χ2v) is 4.83. The Hall–Kier alpha value is -1.48. The fourth-order valence-electron chi connectivity index (χ4n) is 1.63. The summed E-state index contributed by atoms with van der Waals surface area (Å²) in [4.78, 5) is 5.47. The molecule has 1 aromatic carbocycles. The first-order valence-corrected chi connectivity index (χ1v) is 6.79. The van der Waals surface area contributed by atoms with Crippen LogP contribution in [0.2, 0.25) is 0 Å². The van der Waals surface area contributed by atoms with Gasteiger partial charge in [0.05, 0.1) is 0 Å². The Labute approximate surface area is 106 Å². The minimum absolute atomic E-state index is 0.813. The number of thioether (sulfide) groups is 1. The molecule has 17 heavy (non-hydrogen) atoms. The summed E-state index contributed by atoms with van der Waals surface area (Å²) in [7, 11) is 0. The third-order valence-corrected chi connectivity index (χ3v) is 3.26. The third kappa shape index (κ3) is 3.49. The SMILES string of the molecule is CSc1ccc(NCc2cncc(C)c2)cc1. The molecule has 0 spiro atoms. The summed E-state index contributed by atoms with van der Waals surface area (Å²) in [6.45, 7) is 2.87. The molecule has 0 bridgehead atoms. The van der Waals surface area contributed by atoms with Crippen molar-refractivity contribution in [1.29, 1.82) is 0 Å². The smallest absolute Gasteiger partial charge is 0.0416 e. The molecule has 0 aliphatic carbocycles. The number of hydrogen-bond donors (Lipinski definition) is 1. The highest BCUT2D eigenvalue weighted by molar-refractivity contribution is 7.98. The predicted octanol–water partition coefficient (Wildman–Crippen LogP) is 3.72. The molecule has 0 fully saturated rings. The van der Waals surface area contributed by atoms with Crippen LogP contribution in [0.3, 0.4) is 0 Å². The second kappa shape index (κ2) is 5.73. The molecule has 0 aliphatic heterocycles. The lowest BCUT2D eigenvalue weighted by Gasteiger charge is -2.07. The van der Waals surface area contributed by atoms with E-state index in [4.69, 9.17) is 0 Å². The van der Waals surface area contributed by atoms with Crippen LogP contribution in [0.1, 0.15) is 11.1 Å². The zero-order valence-corrected chi connectivity index (χ0v) is 10.9. The first-order chi connectivity index (χ1) is 8.28. The van der Waals surface area contributed by atoms with Crippen molar-refractivity contribution >= 4 is 17.4 Å². The molecule has 0 saturated heterocycles. The van der Waals surface area contributed by atoms with Gasteiger partial charge < -0.3 is 5.32 Å². The van der Waals surface area contributed by atoms with E-state index in [1.807, 2.05) is 12.4 Å². The molecule has 0 aliphatic rings. The van der Waals surface area contributed by atoms with Gasteiger partial charge in [-0.3, -0.25) is 4.98 Å². The van der Waals surface area contributed by atoms with Crippen LogP contribution in [-0.4, -0.2) is 11.2 Å². The Balaban J connectivity index is 1.97. The van der Waals surface area contributed by atoms with Gasteiger partial charge in [0.1, 0.15) is 0 Å². The number of anilines is 1. The van der Waals surface area contributed by atoms with Crippen LogP contribution in [0.4, 0.5) is 5.69 Å². The van der Waals surface area contributed by atoms with Crippen LogP contribution in [-0.2, 0) is 6.54 Å². The molecule has 2 rings (SSSR count). The molecule has 0 atom stereocenters. The number of nitrogens with one attached hydrogen (secondary N) is 1. The first kappa shape index (κ1) is 12.0. The summed E-state index contributed by atoms with van der Waals surface area (Å²) in [5.74, 6) is 0. The molecule has 1 aromatic heterocycles. The minimum Gasteiger partial charge on any atom is -0.381 e. The molecule has 1 heterocycles. The number of rotatable bonds is 4. The van der Waals surface area contributed by atoms with Crippen molar-refractivity contribution < 1.29 is 0 Å². The lowest BCUT2D eigenvalue weighted by Crippen LogP contribution is -1.99. The van der Waals surface area contributed by atoms with Crippen molar-refractivity contribution in [2.24, 2.45) is 0 Å². The second-order valence-electron chi connectivity index (χ2n) is 3.95. The highest BCUT2D eigenvalue weighted by atomic mass is 32.2. The molecule has 88 valence electrons. The van der Waals surface area contributed by atoms with E-state index in [9.17, 15) is 0 Å². The van der Waals surface area contributed by atoms with Gasteiger partial charge in [-0.1, -0.05) is 6.07 Å². The summed E-state index contributed by atoms with van der Waals surface area (Å²) in [6, 6.07) is 10.6. The summed E-state index contributed by atoms with van der Waals surface area (Å²) in [6.07, 6.45) is 5.86. The summed E-state index contributed by atoms with van der Waals surface area (Å²) in [5.41, 5.74) is 3.55. The summed E-state index contributed by atoms with van der Waals surface area (Å²) in [5, 5.41) is 3.39. The number of nitrogens with zero attached hydrogens (tertiary/aromatic N) is 1. The van der Waals surface area contributed by atoms with Gasteiger partial charge in [-0.2, -0.15) is 0 Å². The van der Waals surface area contributed by atoms with Crippen molar-refractivity contribution in [3.63, 3.8) is 0 Å². The van der Waals surface area contributed by atoms with E-state index in [1.165, 1.54) is 16.0 Å². The Morgan fingerprint density at radius 2 is 1.94 bits per heavy atom. The number of benzene rings is 1. The Morgan fingerprint density at radius 1 is 1.18 bits per heavy atom. The monoisotopic (exact) mass is 244 g/mol. The molecule has 3 heteroatoms. The Kier molecular flexibility index (Phi) is 4.04. The van der Waals surface area contributed by atoms with Crippen molar-refractivity contribution in [2.75, 3.05) is 11.6 Å². The highest BCUT2D eigenvalue weighted by Gasteiger charge is 1.96. The predicted molar refractivity (Wildman–Crippen MR) is 74.5 cm³/mol. The first-order valence-electron chi connectivity index (χ1n) is 5.56. The topological polar surface area (TPSA) is 24.9 Å². The van der Waals surface area contributed by atoms with Crippen molar-refractivity contribution in [3.05, 3.63) is 53.9 Å². The van der Waals surface area contributed by atoms with E-state index < -0.39 is 0 Å². The van der Waals surface area contributed by atoms with Gasteiger partial charge in [0.15, 0.2) is 0 Å². The minimum atomic E-state index is 0.813. The van der Waals surface area contributed by atoms with E-state index in [1.54, 1.807) is 11.8 Å². The van der Waals surface area contributed by atoms with Gasteiger partial charge in [0.2, 0.25) is 0 Å². The normalized spacial score (nSPS) is 10.2. The number of aromatic nitrogens is 1. The Morgan fingerprint density at radius 3 is 2.59 bits per heavy atom. The molecule has 2 nitrogen and oxygen atoms in total. The lowest BCUT2D eigenvalue weighted by atomic mass is 10.2. The highest BCUT2D eigenvalue weighted by Crippen LogP contribution is 2.17. The summed E-state index contributed by atoms with van der Waals surface area (Å²) < 4.78 is 0. The molecular formula is C14H16N2S. The fourth-order valence-corrected chi connectivity index (χ4v) is 2.04. The van der Waals surface area contributed by atoms with Crippen molar-refractivity contribution in [2.45, 2.75) is 18.4 Å². The van der Waals surface area contributed by atoms with Gasteiger partial charge >= 0.3 is 0 Å². The average Bonchev–Trinajstić information content (AvgIpc) is 2.37. The molecule has 2 aromatic rings. The van der Waals surface area contributed by atoms with Crippen LogP contribution in [0.5, 0.6) is 0 Å². The quantitative estimate of drug-likeness (QED) is 0.830. The zero-order valence-electron chi connectivity index (χ0n) is 10.1. The number of hydrogen-bond acceptors (Lipinski definition) is 3. The molecular weight excluding hydrogens is 228 g/mol. The molecule has 0 amide bonds. The standard InChI is InChI=1S/C14H16N2S/c1-11-7-12(9-15-8-11)10-16-13-3-5-14(17-2)6-4-13/h3-9,16H,10H2,1-2H3. The van der Waals surface area contributed by atoms with Gasteiger partial charge in [0, 0.05) is 29.5 Å². The number of aryl methyl sites for hydroxylation is 1. The number of pyridine rings is 1. The van der Waals surface area contributed by atoms with E-state index in [0.29, 0.717) is 0 Å². The van der Waals surface area contributed by atoms with Crippen LogP contribution in [0.15, 0.2) is 47.6 Å². The zero-order chi connectivity index (χ0) is 12.1. The maximum Gasteiger partial charge on any atom is 0.0416 e. The molecule has 0 unspecified atom stereocenters. The van der Waals surface area contributed by atoms with Gasteiger partial charge in [-0.05, 0) is 48.6 Å². The maximum atomic E-state index is 4.18. The Bertz CT molecular complexity index is 480. The van der Waals surface area contributed by atoms with Crippen LogP contribution < -0.4 is 5.32 Å². The van der Waals surface area contributed by atoms with Crippen molar-refractivity contribution in [3.8, 4) is 0 Å². The van der Waals surface area contributed by atoms with E-state index in [0.717, 1.165) is 12.2 Å².